The van der Waals surface area contributed by atoms with Crippen LogP contribution in [0.3, 0.4) is 0 Å². The van der Waals surface area contributed by atoms with Crippen molar-refractivity contribution < 1.29 is 19.1 Å². The van der Waals surface area contributed by atoms with Gasteiger partial charge in [0.2, 0.25) is 5.91 Å². The summed E-state index contributed by atoms with van der Waals surface area (Å²) in [6, 6.07) is 15.3. The van der Waals surface area contributed by atoms with Crippen LogP contribution in [0.2, 0.25) is 0 Å². The fraction of sp³-hybridized carbons (Fsp3) is 0.364. The monoisotopic (exact) mass is 382 g/mol. The smallest absolute Gasteiger partial charge is 0.267 e. The molecule has 1 N–H and O–H groups in total. The molecular formula is C22H26N2O4. The molecule has 0 aromatic heterocycles. The first-order chi connectivity index (χ1) is 13.5. The Morgan fingerprint density at radius 1 is 1.21 bits per heavy atom. The fourth-order valence-corrected chi connectivity index (χ4v) is 3.09. The Morgan fingerprint density at radius 2 is 2.04 bits per heavy atom. The summed E-state index contributed by atoms with van der Waals surface area (Å²) in [6.07, 6.45) is 0.415. The topological polar surface area (TPSA) is 67.9 Å². The van der Waals surface area contributed by atoms with Crippen LogP contribution < -0.4 is 19.7 Å². The average molecular weight is 382 g/mol. The molecule has 0 bridgehead atoms. The van der Waals surface area contributed by atoms with Gasteiger partial charge in [-0.25, -0.2) is 0 Å². The third-order valence-corrected chi connectivity index (χ3v) is 4.54. The average Bonchev–Trinajstić information content (AvgIpc) is 2.68. The second-order valence-corrected chi connectivity index (χ2v) is 6.84. The number of hydrogen-bond acceptors (Lipinski definition) is 4. The number of fused-ring (bicyclic) bond motifs is 1. The van der Waals surface area contributed by atoms with Gasteiger partial charge in [-0.3, -0.25) is 9.59 Å². The van der Waals surface area contributed by atoms with Crippen molar-refractivity contribution in [1.82, 2.24) is 5.32 Å². The number of aryl methyl sites for hydroxylation is 1. The Morgan fingerprint density at radius 3 is 2.86 bits per heavy atom. The van der Waals surface area contributed by atoms with Gasteiger partial charge in [-0.1, -0.05) is 24.3 Å². The molecule has 0 aliphatic carbocycles. The molecule has 1 heterocycles. The number of carbonyl (C=O) groups is 2. The molecule has 6 heteroatoms. The van der Waals surface area contributed by atoms with Crippen LogP contribution >= 0.6 is 0 Å². The van der Waals surface area contributed by atoms with E-state index in [1.54, 1.807) is 11.8 Å². The van der Waals surface area contributed by atoms with E-state index >= 15 is 0 Å². The molecule has 2 amide bonds. The summed E-state index contributed by atoms with van der Waals surface area (Å²) in [7, 11) is 0. The van der Waals surface area contributed by atoms with E-state index in [1.807, 2.05) is 55.5 Å². The van der Waals surface area contributed by atoms with E-state index in [-0.39, 0.29) is 18.2 Å². The Balaban J connectivity index is 1.40. The largest absolute Gasteiger partial charge is 0.494 e. The minimum absolute atomic E-state index is 0.0834. The summed E-state index contributed by atoms with van der Waals surface area (Å²) in [5.74, 6) is 1.30. The predicted octanol–water partition coefficient (Wildman–Crippen LogP) is 3.08. The summed E-state index contributed by atoms with van der Waals surface area (Å²) in [5.41, 5.74) is 1.87. The molecule has 28 heavy (non-hydrogen) atoms. The molecule has 2 aromatic carbocycles. The third kappa shape index (κ3) is 5.03. The summed E-state index contributed by atoms with van der Waals surface area (Å²) in [5, 5.41) is 2.88. The van der Waals surface area contributed by atoms with Crippen LogP contribution in [0.5, 0.6) is 11.5 Å². The van der Waals surface area contributed by atoms with Crippen molar-refractivity contribution >= 4 is 17.5 Å². The number of ether oxygens (including phenoxy) is 2. The van der Waals surface area contributed by atoms with Gasteiger partial charge >= 0.3 is 0 Å². The number of nitrogens with zero attached hydrogens (tertiary/aromatic N) is 1. The normalized spacial score (nSPS) is 15.6. The van der Waals surface area contributed by atoms with Gasteiger partial charge < -0.3 is 19.7 Å². The number of carbonyl (C=O) groups excluding carboxylic acids is 2. The van der Waals surface area contributed by atoms with Crippen molar-refractivity contribution in [2.45, 2.75) is 32.8 Å². The van der Waals surface area contributed by atoms with Crippen LogP contribution in [0.15, 0.2) is 48.5 Å². The second-order valence-electron chi connectivity index (χ2n) is 6.84. The Hall–Kier alpha value is -3.02. The summed E-state index contributed by atoms with van der Waals surface area (Å²) in [4.78, 5) is 26.2. The van der Waals surface area contributed by atoms with Crippen molar-refractivity contribution in [2.75, 3.05) is 24.6 Å². The summed E-state index contributed by atoms with van der Waals surface area (Å²) < 4.78 is 11.3. The van der Waals surface area contributed by atoms with Crippen molar-refractivity contribution in [2.24, 2.45) is 0 Å². The maximum Gasteiger partial charge on any atom is 0.267 e. The zero-order valence-corrected chi connectivity index (χ0v) is 16.3. The van der Waals surface area contributed by atoms with E-state index in [0.717, 1.165) is 17.7 Å². The standard InChI is InChI=1S/C22H26N2O4/c1-16-7-5-8-18(15-16)27-14-6-12-23-21(25)11-13-24-19-9-3-4-10-20(19)28-17(2)22(24)26/h3-5,7-10,15,17H,6,11-14H2,1-2H3,(H,23,25). The highest BCUT2D eigenvalue weighted by Gasteiger charge is 2.31. The quantitative estimate of drug-likeness (QED) is 0.713. The number of nitrogens with one attached hydrogen (secondary N) is 1. The molecule has 3 rings (SSSR count). The molecule has 0 fully saturated rings. The molecule has 0 spiro atoms. The molecule has 148 valence electrons. The number of hydrogen-bond donors (Lipinski definition) is 1. The maximum absolute atomic E-state index is 12.4. The highest BCUT2D eigenvalue weighted by molar-refractivity contribution is 6.00. The van der Waals surface area contributed by atoms with Gasteiger partial charge in [0.15, 0.2) is 6.10 Å². The molecule has 0 saturated carbocycles. The molecule has 1 aliphatic heterocycles. The predicted molar refractivity (Wildman–Crippen MR) is 108 cm³/mol. The van der Waals surface area contributed by atoms with E-state index in [0.29, 0.717) is 31.1 Å². The minimum atomic E-state index is -0.545. The van der Waals surface area contributed by atoms with Crippen molar-refractivity contribution in [3.8, 4) is 11.5 Å². The lowest BCUT2D eigenvalue weighted by atomic mass is 10.1. The molecule has 6 nitrogen and oxygen atoms in total. The number of benzene rings is 2. The van der Waals surface area contributed by atoms with Gasteiger partial charge in [-0.15, -0.1) is 0 Å². The first-order valence-electron chi connectivity index (χ1n) is 9.58. The van der Waals surface area contributed by atoms with Crippen LogP contribution in [0.4, 0.5) is 5.69 Å². The van der Waals surface area contributed by atoms with Crippen molar-refractivity contribution in [1.29, 1.82) is 0 Å². The number of rotatable bonds is 8. The van der Waals surface area contributed by atoms with Gasteiger partial charge in [0.25, 0.3) is 5.91 Å². The van der Waals surface area contributed by atoms with Crippen molar-refractivity contribution in [3.63, 3.8) is 0 Å². The lowest BCUT2D eigenvalue weighted by molar-refractivity contribution is -0.125. The van der Waals surface area contributed by atoms with Gasteiger partial charge in [0.05, 0.1) is 12.3 Å². The first kappa shape index (κ1) is 19.7. The van der Waals surface area contributed by atoms with Gasteiger partial charge in [-0.05, 0) is 50.1 Å². The maximum atomic E-state index is 12.4. The highest BCUT2D eigenvalue weighted by Crippen LogP contribution is 2.33. The summed E-state index contributed by atoms with van der Waals surface area (Å²) >= 11 is 0. The van der Waals surface area contributed by atoms with Gasteiger partial charge in [-0.2, -0.15) is 0 Å². The Labute approximate surface area is 165 Å². The molecule has 1 aliphatic rings. The van der Waals surface area contributed by atoms with E-state index < -0.39 is 6.10 Å². The van der Waals surface area contributed by atoms with Gasteiger partial charge in [0, 0.05) is 19.5 Å². The van der Waals surface area contributed by atoms with E-state index in [1.165, 1.54) is 0 Å². The van der Waals surface area contributed by atoms with Crippen molar-refractivity contribution in [3.05, 3.63) is 54.1 Å². The van der Waals surface area contributed by atoms with E-state index in [9.17, 15) is 9.59 Å². The van der Waals surface area contributed by atoms with E-state index in [2.05, 4.69) is 5.32 Å². The number of amides is 2. The lowest BCUT2D eigenvalue weighted by Gasteiger charge is -2.32. The van der Waals surface area contributed by atoms with Crippen LogP contribution in [-0.4, -0.2) is 37.6 Å². The SMILES string of the molecule is Cc1cccc(OCCCNC(=O)CCN2C(=O)C(C)Oc3ccccc32)c1. The number of para-hydroxylation sites is 2. The van der Waals surface area contributed by atoms with Crippen LogP contribution in [0, 0.1) is 6.92 Å². The molecular weight excluding hydrogens is 356 g/mol. The fourth-order valence-electron chi connectivity index (χ4n) is 3.09. The molecule has 0 radical (unpaired) electrons. The Bertz CT molecular complexity index is 837. The zero-order valence-electron chi connectivity index (χ0n) is 16.3. The Kier molecular flexibility index (Phi) is 6.53. The molecule has 2 aromatic rings. The van der Waals surface area contributed by atoms with Crippen LogP contribution in [-0.2, 0) is 9.59 Å². The van der Waals surface area contributed by atoms with Gasteiger partial charge in [0.1, 0.15) is 11.5 Å². The van der Waals surface area contributed by atoms with Crippen LogP contribution in [0.1, 0.15) is 25.3 Å². The molecule has 0 saturated heterocycles. The minimum Gasteiger partial charge on any atom is -0.494 e. The second kappa shape index (κ2) is 9.26. The molecule has 1 atom stereocenters. The first-order valence-corrected chi connectivity index (χ1v) is 9.58. The third-order valence-electron chi connectivity index (χ3n) is 4.54. The highest BCUT2D eigenvalue weighted by atomic mass is 16.5. The van der Waals surface area contributed by atoms with E-state index in [4.69, 9.17) is 9.47 Å². The molecule has 1 unspecified atom stereocenters. The summed E-state index contributed by atoms with van der Waals surface area (Å²) in [6.45, 7) is 5.14. The lowest BCUT2D eigenvalue weighted by Crippen LogP contribution is -2.45. The number of anilines is 1. The van der Waals surface area contributed by atoms with Crippen LogP contribution in [0.25, 0.3) is 0 Å². The zero-order chi connectivity index (χ0) is 19.9.